The molecule has 0 saturated carbocycles. The number of para-hydroxylation sites is 1. The van der Waals surface area contributed by atoms with Gasteiger partial charge in [0.25, 0.3) is 0 Å². The second-order valence-corrected chi connectivity index (χ2v) is 6.02. The predicted octanol–water partition coefficient (Wildman–Crippen LogP) is 2.55. The summed E-state index contributed by atoms with van der Waals surface area (Å²) in [6, 6.07) is 13.4. The molecule has 1 aliphatic heterocycles. The van der Waals surface area contributed by atoms with Gasteiger partial charge in [-0.2, -0.15) is 0 Å². The van der Waals surface area contributed by atoms with Crippen LogP contribution in [0.2, 0.25) is 0 Å². The van der Waals surface area contributed by atoms with Crippen molar-refractivity contribution in [2.24, 2.45) is 5.41 Å². The summed E-state index contributed by atoms with van der Waals surface area (Å²) in [7, 11) is 0. The van der Waals surface area contributed by atoms with Crippen LogP contribution in [0.5, 0.6) is 0 Å². The topological polar surface area (TPSA) is 48.2 Å². The quantitative estimate of drug-likeness (QED) is 0.689. The molecular weight excluding hydrogens is 252 g/mol. The molecule has 1 aromatic heterocycles. The summed E-state index contributed by atoms with van der Waals surface area (Å²) >= 11 is 0. The molecule has 3 atom stereocenters. The molecule has 3 rings (SSSR count). The van der Waals surface area contributed by atoms with Gasteiger partial charge in [0.15, 0.2) is 0 Å². The molecule has 20 heavy (non-hydrogen) atoms. The highest BCUT2D eigenvalue weighted by molar-refractivity contribution is 5.45. The molecule has 4 heteroatoms. The van der Waals surface area contributed by atoms with Gasteiger partial charge >= 0.3 is 0 Å². The van der Waals surface area contributed by atoms with Gasteiger partial charge in [0.1, 0.15) is 12.2 Å². The molecule has 0 aliphatic carbocycles. The van der Waals surface area contributed by atoms with Gasteiger partial charge < -0.3 is 19.5 Å². The molecule has 0 radical (unpaired) electrons. The Hall–Kier alpha value is -1.62. The summed E-state index contributed by atoms with van der Waals surface area (Å²) in [5.41, 5.74) is 0.359. The Balaban J connectivity index is 1.99. The van der Waals surface area contributed by atoms with Crippen LogP contribution in [-0.4, -0.2) is 29.4 Å². The van der Waals surface area contributed by atoms with E-state index in [0.29, 0.717) is 13.1 Å². The maximum absolute atomic E-state index is 13.2. The lowest BCUT2D eigenvalue weighted by atomic mass is 9.86. The molecule has 1 aliphatic rings. The van der Waals surface area contributed by atoms with Crippen molar-refractivity contribution in [1.82, 2.24) is 9.21 Å². The lowest BCUT2D eigenvalue weighted by Crippen LogP contribution is -2.42. The SMILES string of the molecule is CC1(CO)C[N+]([O-])(c2ccccc2)CC1n1cccc1. The van der Waals surface area contributed by atoms with Crippen molar-refractivity contribution in [1.29, 1.82) is 0 Å². The first-order valence-electron chi connectivity index (χ1n) is 6.94. The minimum absolute atomic E-state index is 0.0141. The predicted molar refractivity (Wildman–Crippen MR) is 80.0 cm³/mol. The van der Waals surface area contributed by atoms with Crippen LogP contribution < -0.4 is 4.65 Å². The third kappa shape index (κ3) is 2.06. The van der Waals surface area contributed by atoms with Crippen molar-refractivity contribution >= 4 is 5.69 Å². The first kappa shape index (κ1) is 13.4. The summed E-state index contributed by atoms with van der Waals surface area (Å²) in [6.07, 6.45) is 3.94. The smallest absolute Gasteiger partial charge is 0.132 e. The van der Waals surface area contributed by atoms with E-state index in [0.717, 1.165) is 5.69 Å². The van der Waals surface area contributed by atoms with E-state index in [1.165, 1.54) is 0 Å². The number of aromatic nitrogens is 1. The summed E-state index contributed by atoms with van der Waals surface area (Å²) in [5, 5.41) is 23.0. The van der Waals surface area contributed by atoms with E-state index in [4.69, 9.17) is 0 Å². The molecule has 4 nitrogen and oxygen atoms in total. The first-order valence-corrected chi connectivity index (χ1v) is 6.94. The molecule has 1 fully saturated rings. The molecule has 0 spiro atoms. The van der Waals surface area contributed by atoms with Gasteiger partial charge in [-0.05, 0) is 31.2 Å². The summed E-state index contributed by atoms with van der Waals surface area (Å²) in [4.78, 5) is 0. The summed E-state index contributed by atoms with van der Waals surface area (Å²) < 4.78 is 1.68. The molecule has 1 saturated heterocycles. The molecule has 1 aromatic carbocycles. The molecular formula is C16H20N2O2. The zero-order valence-corrected chi connectivity index (χ0v) is 11.6. The highest BCUT2D eigenvalue weighted by atomic mass is 16.5. The number of hydroxylamine groups is 2. The highest BCUT2D eigenvalue weighted by Crippen LogP contribution is 2.44. The second kappa shape index (κ2) is 4.74. The third-order valence-electron chi connectivity index (χ3n) is 4.46. The number of aliphatic hydroxyl groups is 1. The van der Waals surface area contributed by atoms with Crippen LogP contribution in [-0.2, 0) is 0 Å². The summed E-state index contributed by atoms with van der Waals surface area (Å²) in [6.45, 7) is 2.87. The van der Waals surface area contributed by atoms with Crippen LogP contribution in [0, 0.1) is 10.6 Å². The van der Waals surface area contributed by atoms with Crippen LogP contribution in [0.3, 0.4) is 0 Å². The zero-order valence-electron chi connectivity index (χ0n) is 11.6. The third-order valence-corrected chi connectivity index (χ3v) is 4.46. The Morgan fingerprint density at radius 3 is 2.50 bits per heavy atom. The molecule has 0 amide bonds. The van der Waals surface area contributed by atoms with Crippen molar-refractivity contribution in [2.75, 3.05) is 19.7 Å². The van der Waals surface area contributed by atoms with Crippen molar-refractivity contribution in [3.05, 3.63) is 60.1 Å². The molecule has 2 heterocycles. The standard InChI is InChI=1S/C16H20N2O2/c1-16(13-19)12-18(20,14-7-3-2-4-8-14)11-15(16)17-9-5-6-10-17/h2-10,15,19H,11-13H2,1H3. The Labute approximate surface area is 119 Å². The van der Waals surface area contributed by atoms with Gasteiger partial charge in [-0.1, -0.05) is 18.2 Å². The van der Waals surface area contributed by atoms with E-state index < -0.39 is 5.41 Å². The van der Waals surface area contributed by atoms with Crippen molar-refractivity contribution in [2.45, 2.75) is 13.0 Å². The fraction of sp³-hybridized carbons (Fsp3) is 0.375. The molecule has 0 bridgehead atoms. The van der Waals surface area contributed by atoms with Crippen molar-refractivity contribution < 1.29 is 5.11 Å². The van der Waals surface area contributed by atoms with Gasteiger partial charge in [0, 0.05) is 12.4 Å². The maximum Gasteiger partial charge on any atom is 0.132 e. The number of quaternary nitrogens is 1. The van der Waals surface area contributed by atoms with E-state index >= 15 is 0 Å². The lowest BCUT2D eigenvalue weighted by molar-refractivity contribution is 0.117. The van der Waals surface area contributed by atoms with Crippen molar-refractivity contribution in [3.63, 3.8) is 0 Å². The van der Waals surface area contributed by atoms with Gasteiger partial charge in [-0.15, -0.1) is 0 Å². The number of hydrogen-bond donors (Lipinski definition) is 1. The van der Waals surface area contributed by atoms with Gasteiger partial charge in [0.2, 0.25) is 0 Å². The number of benzene rings is 1. The lowest BCUT2D eigenvalue weighted by Gasteiger charge is -2.39. The van der Waals surface area contributed by atoms with E-state index in [-0.39, 0.29) is 17.3 Å². The highest BCUT2D eigenvalue weighted by Gasteiger charge is 2.50. The number of hydrogen-bond acceptors (Lipinski definition) is 2. The average molecular weight is 272 g/mol. The van der Waals surface area contributed by atoms with Gasteiger partial charge in [-0.3, -0.25) is 0 Å². The van der Waals surface area contributed by atoms with Gasteiger partial charge in [-0.25, -0.2) is 0 Å². The van der Waals surface area contributed by atoms with Crippen LogP contribution in [0.1, 0.15) is 13.0 Å². The largest absolute Gasteiger partial charge is 0.627 e. The molecule has 106 valence electrons. The monoisotopic (exact) mass is 272 g/mol. The Bertz CT molecular complexity index is 569. The van der Waals surface area contributed by atoms with Crippen LogP contribution in [0.4, 0.5) is 5.69 Å². The number of rotatable bonds is 3. The van der Waals surface area contributed by atoms with Gasteiger partial charge in [0.05, 0.1) is 24.6 Å². The van der Waals surface area contributed by atoms with Crippen LogP contribution in [0.15, 0.2) is 54.9 Å². The second-order valence-electron chi connectivity index (χ2n) is 6.02. The van der Waals surface area contributed by atoms with E-state index in [1.54, 1.807) is 0 Å². The Kier molecular flexibility index (Phi) is 3.17. The number of nitrogens with zero attached hydrogens (tertiary/aromatic N) is 2. The fourth-order valence-electron chi connectivity index (χ4n) is 3.31. The Morgan fingerprint density at radius 2 is 1.90 bits per heavy atom. The molecule has 3 unspecified atom stereocenters. The number of aliphatic hydroxyl groups excluding tert-OH is 1. The first-order chi connectivity index (χ1) is 9.57. The molecule has 2 aromatic rings. The van der Waals surface area contributed by atoms with E-state index in [1.807, 2.05) is 61.8 Å². The summed E-state index contributed by atoms with van der Waals surface area (Å²) in [5.74, 6) is 0. The van der Waals surface area contributed by atoms with E-state index in [2.05, 4.69) is 4.57 Å². The minimum Gasteiger partial charge on any atom is -0.627 e. The zero-order chi connectivity index (χ0) is 14.2. The average Bonchev–Trinajstić information content (AvgIpc) is 3.07. The normalized spacial score (nSPS) is 33.5. The Morgan fingerprint density at radius 1 is 1.25 bits per heavy atom. The minimum atomic E-state index is -0.406. The van der Waals surface area contributed by atoms with Crippen LogP contribution in [0.25, 0.3) is 0 Å². The fourth-order valence-corrected chi connectivity index (χ4v) is 3.31. The van der Waals surface area contributed by atoms with Crippen molar-refractivity contribution in [3.8, 4) is 0 Å². The molecule has 1 N–H and O–H groups in total. The van der Waals surface area contributed by atoms with Crippen LogP contribution >= 0.6 is 0 Å². The maximum atomic E-state index is 13.2. The van der Waals surface area contributed by atoms with E-state index in [9.17, 15) is 10.3 Å².